The quantitative estimate of drug-likeness (QED) is 0.673. The maximum Gasteiger partial charge on any atom is 0.127 e. The summed E-state index contributed by atoms with van der Waals surface area (Å²) in [7, 11) is 0. The second kappa shape index (κ2) is 2.79. The average molecular weight is 179 g/mol. The van der Waals surface area contributed by atoms with Crippen LogP contribution in [0.4, 0.5) is 0 Å². The van der Waals surface area contributed by atoms with Gasteiger partial charge in [-0.3, -0.25) is 4.98 Å². The standard InChI is InChI=1S/C8H9N3S/c1-5(2)7-8-6(3-4-9-7)12-11-10-8/h3-5H,1-2H3. The molecule has 0 amide bonds. The molecule has 12 heavy (non-hydrogen) atoms. The maximum atomic E-state index is 4.28. The number of rotatable bonds is 1. The molecule has 0 bridgehead atoms. The van der Waals surface area contributed by atoms with E-state index in [4.69, 9.17) is 0 Å². The summed E-state index contributed by atoms with van der Waals surface area (Å²) in [6.07, 6.45) is 1.82. The lowest BCUT2D eigenvalue weighted by atomic mass is 10.1. The number of pyridine rings is 1. The van der Waals surface area contributed by atoms with Crippen molar-refractivity contribution in [3.63, 3.8) is 0 Å². The minimum atomic E-state index is 0.414. The Morgan fingerprint density at radius 1 is 1.42 bits per heavy atom. The predicted octanol–water partition coefficient (Wildman–Crippen LogP) is 2.21. The smallest absolute Gasteiger partial charge is 0.127 e. The van der Waals surface area contributed by atoms with Gasteiger partial charge in [0, 0.05) is 6.20 Å². The molecule has 2 rings (SSSR count). The molecule has 62 valence electrons. The molecule has 0 atom stereocenters. The highest BCUT2D eigenvalue weighted by atomic mass is 32.1. The van der Waals surface area contributed by atoms with Crippen LogP contribution >= 0.6 is 11.5 Å². The molecule has 2 aromatic rings. The molecule has 0 aromatic carbocycles. The number of fused-ring (bicyclic) bond motifs is 1. The van der Waals surface area contributed by atoms with Crippen molar-refractivity contribution >= 4 is 21.7 Å². The van der Waals surface area contributed by atoms with E-state index < -0.39 is 0 Å². The largest absolute Gasteiger partial charge is 0.259 e. The molecule has 0 unspecified atom stereocenters. The molecule has 3 nitrogen and oxygen atoms in total. The Balaban J connectivity index is 2.73. The van der Waals surface area contributed by atoms with Crippen LogP contribution in [-0.4, -0.2) is 14.6 Å². The number of hydrogen-bond donors (Lipinski definition) is 0. The SMILES string of the molecule is CC(C)c1nccc2snnc12. The second-order valence-electron chi connectivity index (χ2n) is 2.97. The van der Waals surface area contributed by atoms with Crippen LogP contribution in [0.5, 0.6) is 0 Å². The average Bonchev–Trinajstić information content (AvgIpc) is 2.49. The minimum Gasteiger partial charge on any atom is -0.259 e. The lowest BCUT2D eigenvalue weighted by Crippen LogP contribution is -1.92. The van der Waals surface area contributed by atoms with Gasteiger partial charge in [0.1, 0.15) is 5.52 Å². The summed E-state index contributed by atoms with van der Waals surface area (Å²) in [4.78, 5) is 4.28. The topological polar surface area (TPSA) is 38.7 Å². The zero-order valence-electron chi connectivity index (χ0n) is 6.98. The van der Waals surface area contributed by atoms with Crippen molar-refractivity contribution in [3.05, 3.63) is 18.0 Å². The third-order valence-corrected chi connectivity index (χ3v) is 2.43. The summed E-state index contributed by atoms with van der Waals surface area (Å²) in [5.74, 6) is 0.414. The van der Waals surface area contributed by atoms with Gasteiger partial charge in [-0.1, -0.05) is 18.3 Å². The number of nitrogens with zero attached hydrogens (tertiary/aromatic N) is 3. The minimum absolute atomic E-state index is 0.414. The van der Waals surface area contributed by atoms with Gasteiger partial charge in [-0.25, -0.2) is 0 Å². The van der Waals surface area contributed by atoms with Crippen molar-refractivity contribution in [1.29, 1.82) is 0 Å². The van der Waals surface area contributed by atoms with Crippen LogP contribution in [0.2, 0.25) is 0 Å². The van der Waals surface area contributed by atoms with Crippen molar-refractivity contribution in [2.75, 3.05) is 0 Å². The van der Waals surface area contributed by atoms with E-state index in [9.17, 15) is 0 Å². The van der Waals surface area contributed by atoms with Crippen LogP contribution in [0, 0.1) is 0 Å². The van der Waals surface area contributed by atoms with Crippen molar-refractivity contribution in [1.82, 2.24) is 14.6 Å². The summed E-state index contributed by atoms with van der Waals surface area (Å²) in [5.41, 5.74) is 2.00. The molecule has 2 heterocycles. The Morgan fingerprint density at radius 2 is 2.25 bits per heavy atom. The van der Waals surface area contributed by atoms with Gasteiger partial charge in [0.25, 0.3) is 0 Å². The first kappa shape index (κ1) is 7.61. The number of hydrogen-bond acceptors (Lipinski definition) is 4. The fourth-order valence-electron chi connectivity index (χ4n) is 1.15. The fourth-order valence-corrected chi connectivity index (χ4v) is 1.72. The molecule has 0 aliphatic heterocycles. The van der Waals surface area contributed by atoms with Gasteiger partial charge >= 0.3 is 0 Å². The molecule has 0 spiro atoms. The molecule has 0 N–H and O–H groups in total. The molecule has 2 aromatic heterocycles. The Morgan fingerprint density at radius 3 is 3.00 bits per heavy atom. The van der Waals surface area contributed by atoms with Gasteiger partial charge in [0.15, 0.2) is 0 Å². The van der Waals surface area contributed by atoms with Gasteiger partial charge in [0.2, 0.25) is 0 Å². The Labute approximate surface area is 74.6 Å². The Kier molecular flexibility index (Phi) is 1.77. The van der Waals surface area contributed by atoms with Crippen LogP contribution in [-0.2, 0) is 0 Å². The van der Waals surface area contributed by atoms with Gasteiger partial charge in [0.05, 0.1) is 10.4 Å². The van der Waals surface area contributed by atoms with Crippen LogP contribution in [0.3, 0.4) is 0 Å². The molecule has 0 fully saturated rings. The van der Waals surface area contributed by atoms with E-state index in [-0.39, 0.29) is 0 Å². The third-order valence-electron chi connectivity index (χ3n) is 1.74. The predicted molar refractivity (Wildman–Crippen MR) is 49.3 cm³/mol. The zero-order valence-corrected chi connectivity index (χ0v) is 7.80. The molecular weight excluding hydrogens is 170 g/mol. The first-order chi connectivity index (χ1) is 5.79. The highest BCUT2D eigenvalue weighted by molar-refractivity contribution is 7.12. The van der Waals surface area contributed by atoms with Crippen LogP contribution < -0.4 is 0 Å². The van der Waals surface area contributed by atoms with Crippen molar-refractivity contribution in [2.45, 2.75) is 19.8 Å². The molecule has 4 heteroatoms. The van der Waals surface area contributed by atoms with Crippen molar-refractivity contribution in [2.24, 2.45) is 0 Å². The van der Waals surface area contributed by atoms with E-state index in [1.54, 1.807) is 0 Å². The van der Waals surface area contributed by atoms with E-state index in [1.165, 1.54) is 11.5 Å². The zero-order chi connectivity index (χ0) is 8.55. The Hall–Kier alpha value is -1.03. The first-order valence-electron chi connectivity index (χ1n) is 3.86. The van der Waals surface area contributed by atoms with E-state index in [0.29, 0.717) is 5.92 Å². The van der Waals surface area contributed by atoms with E-state index in [0.717, 1.165) is 15.9 Å². The van der Waals surface area contributed by atoms with Gasteiger partial charge < -0.3 is 0 Å². The van der Waals surface area contributed by atoms with Crippen molar-refractivity contribution in [3.8, 4) is 0 Å². The van der Waals surface area contributed by atoms with Crippen molar-refractivity contribution < 1.29 is 0 Å². The van der Waals surface area contributed by atoms with Gasteiger partial charge in [-0.05, 0) is 23.5 Å². The highest BCUT2D eigenvalue weighted by Gasteiger charge is 2.08. The van der Waals surface area contributed by atoms with Gasteiger partial charge in [-0.15, -0.1) is 5.10 Å². The third kappa shape index (κ3) is 1.08. The Bertz CT molecular complexity index is 394. The summed E-state index contributed by atoms with van der Waals surface area (Å²) in [6.45, 7) is 4.22. The normalized spacial score (nSPS) is 11.2. The second-order valence-corrected chi connectivity index (χ2v) is 3.76. The first-order valence-corrected chi connectivity index (χ1v) is 4.63. The monoisotopic (exact) mass is 179 g/mol. The lowest BCUT2D eigenvalue weighted by molar-refractivity contribution is 0.829. The van der Waals surface area contributed by atoms with Crippen LogP contribution in [0.1, 0.15) is 25.5 Å². The van der Waals surface area contributed by atoms with E-state index in [2.05, 4.69) is 28.4 Å². The summed E-state index contributed by atoms with van der Waals surface area (Å²) in [5, 5.41) is 4.05. The van der Waals surface area contributed by atoms with Crippen LogP contribution in [0.15, 0.2) is 12.3 Å². The molecule has 0 radical (unpaired) electrons. The number of aromatic nitrogens is 3. The fraction of sp³-hybridized carbons (Fsp3) is 0.375. The summed E-state index contributed by atoms with van der Waals surface area (Å²) < 4.78 is 5.02. The molecule has 0 aliphatic carbocycles. The maximum absolute atomic E-state index is 4.28. The summed E-state index contributed by atoms with van der Waals surface area (Å²) >= 11 is 1.42. The van der Waals surface area contributed by atoms with E-state index >= 15 is 0 Å². The lowest BCUT2D eigenvalue weighted by Gasteiger charge is -2.02. The molecule has 0 saturated heterocycles. The van der Waals surface area contributed by atoms with Crippen LogP contribution in [0.25, 0.3) is 10.2 Å². The molecule has 0 aliphatic rings. The van der Waals surface area contributed by atoms with E-state index in [1.807, 2.05) is 12.3 Å². The molecular formula is C8H9N3S. The highest BCUT2D eigenvalue weighted by Crippen LogP contribution is 2.22. The molecule has 0 saturated carbocycles. The summed E-state index contributed by atoms with van der Waals surface area (Å²) in [6, 6.07) is 1.95. The van der Waals surface area contributed by atoms with Gasteiger partial charge in [-0.2, -0.15) is 0 Å².